The van der Waals surface area contributed by atoms with Crippen LogP contribution in [-0.4, -0.2) is 32.0 Å². The first-order valence-corrected chi connectivity index (χ1v) is 12.3. The first-order chi connectivity index (χ1) is 11.8. The molecule has 0 aromatic rings. The van der Waals surface area contributed by atoms with Crippen molar-refractivity contribution >= 4 is 8.07 Å². The van der Waals surface area contributed by atoms with Gasteiger partial charge in [-0.3, -0.25) is 0 Å². The van der Waals surface area contributed by atoms with Crippen molar-refractivity contribution in [2.75, 3.05) is 6.61 Å². The number of hydrogen-bond donors (Lipinski definition) is 1. The van der Waals surface area contributed by atoms with Crippen molar-refractivity contribution in [2.45, 2.75) is 104 Å². The van der Waals surface area contributed by atoms with Crippen LogP contribution >= 0.6 is 0 Å². The molecule has 0 radical (unpaired) electrons. The van der Waals surface area contributed by atoms with Gasteiger partial charge < -0.3 is 9.84 Å². The summed E-state index contributed by atoms with van der Waals surface area (Å²) in [4.78, 5) is 0. The van der Waals surface area contributed by atoms with Crippen molar-refractivity contribution in [3.05, 3.63) is 0 Å². The molecule has 2 atom stereocenters. The fourth-order valence-corrected chi connectivity index (χ4v) is 9.39. The summed E-state index contributed by atoms with van der Waals surface area (Å²) < 4.78 is 5.95. The molecule has 0 bridgehead atoms. The van der Waals surface area contributed by atoms with Crippen LogP contribution in [0.4, 0.5) is 0 Å². The van der Waals surface area contributed by atoms with Gasteiger partial charge in [0.25, 0.3) is 0 Å². The molecule has 0 aliphatic heterocycles. The van der Waals surface area contributed by atoms with Crippen molar-refractivity contribution in [3.8, 4) is 23.8 Å². The molecule has 0 heterocycles. The highest BCUT2D eigenvalue weighted by Gasteiger charge is 2.41. The van der Waals surface area contributed by atoms with Crippen LogP contribution in [0.25, 0.3) is 0 Å². The third kappa shape index (κ3) is 6.16. The summed E-state index contributed by atoms with van der Waals surface area (Å²) in [5, 5.41) is 10.5. The minimum Gasteiger partial charge on any atom is -0.392 e. The number of rotatable bonds is 9. The average molecular weight is 379 g/mol. The standard InChI is InChI=1S/C23H42O2Si/c1-12-22(23(10,11)21(24)16-17(2)3)25-14-13-15-26(18(4)5,19(6)7)20(8)9/h1,17-22,24H,14,16H2,2-11H3/t21-,22-/m1/s1. The Balaban J connectivity index is 5.24. The third-order valence-electron chi connectivity index (χ3n) is 5.87. The molecule has 0 aliphatic carbocycles. The third-order valence-corrected chi connectivity index (χ3v) is 12.2. The molecule has 0 amide bonds. The first-order valence-electron chi connectivity index (χ1n) is 10.1. The van der Waals surface area contributed by atoms with Gasteiger partial charge in [0, 0.05) is 5.41 Å². The van der Waals surface area contributed by atoms with Gasteiger partial charge in [-0.2, -0.15) is 0 Å². The number of hydrogen-bond acceptors (Lipinski definition) is 2. The van der Waals surface area contributed by atoms with E-state index < -0.39 is 25.7 Å². The summed E-state index contributed by atoms with van der Waals surface area (Å²) in [6.45, 7) is 22.3. The number of aliphatic hydroxyl groups excluding tert-OH is 1. The van der Waals surface area contributed by atoms with E-state index in [0.717, 1.165) is 0 Å². The molecule has 26 heavy (non-hydrogen) atoms. The Labute approximate surface area is 164 Å². The SMILES string of the molecule is C#C[C@@H](OCC#C[Si](C(C)C)(C(C)C)C(C)C)C(C)(C)[C@H](O)CC(C)C. The molecule has 0 saturated heterocycles. The normalized spacial score (nSPS) is 15.2. The lowest BCUT2D eigenvalue weighted by Crippen LogP contribution is -2.43. The maximum atomic E-state index is 10.5. The van der Waals surface area contributed by atoms with E-state index in [1.807, 2.05) is 13.8 Å². The molecule has 0 aromatic carbocycles. The Morgan fingerprint density at radius 1 is 0.962 bits per heavy atom. The van der Waals surface area contributed by atoms with Crippen LogP contribution in [0.1, 0.15) is 75.7 Å². The lowest BCUT2D eigenvalue weighted by molar-refractivity contribution is -0.0559. The molecule has 0 unspecified atom stereocenters. The fraction of sp³-hybridized carbons (Fsp3) is 0.826. The van der Waals surface area contributed by atoms with E-state index in [0.29, 0.717) is 35.6 Å². The summed E-state index contributed by atoms with van der Waals surface area (Å²) in [6, 6.07) is 0. The Bertz CT molecular complexity index is 493. The maximum Gasteiger partial charge on any atom is 0.146 e. The van der Waals surface area contributed by atoms with E-state index in [-0.39, 0.29) is 0 Å². The van der Waals surface area contributed by atoms with Gasteiger partial charge in [0.1, 0.15) is 20.8 Å². The Morgan fingerprint density at radius 3 is 1.77 bits per heavy atom. The monoisotopic (exact) mass is 378 g/mol. The Kier molecular flexibility index (Phi) is 10.3. The zero-order valence-electron chi connectivity index (χ0n) is 18.8. The molecule has 0 saturated carbocycles. The highest BCUT2D eigenvalue weighted by molar-refractivity contribution is 6.90. The fourth-order valence-electron chi connectivity index (χ4n) is 4.15. The molecule has 150 valence electrons. The molecule has 0 rings (SSSR count). The van der Waals surface area contributed by atoms with Gasteiger partial charge in [-0.05, 0) is 29.0 Å². The van der Waals surface area contributed by atoms with Crippen LogP contribution in [0.2, 0.25) is 16.6 Å². The molecule has 0 aliphatic rings. The smallest absolute Gasteiger partial charge is 0.146 e. The van der Waals surface area contributed by atoms with Crippen LogP contribution in [-0.2, 0) is 4.74 Å². The Morgan fingerprint density at radius 2 is 1.42 bits per heavy atom. The summed E-state index contributed by atoms with van der Waals surface area (Å²) in [7, 11) is -1.74. The van der Waals surface area contributed by atoms with Gasteiger partial charge in [-0.1, -0.05) is 81.1 Å². The molecule has 3 heteroatoms. The van der Waals surface area contributed by atoms with Crippen molar-refractivity contribution in [1.82, 2.24) is 0 Å². The number of ether oxygens (including phenoxy) is 1. The highest BCUT2D eigenvalue weighted by Crippen LogP contribution is 2.40. The lowest BCUT2D eigenvalue weighted by atomic mass is 9.78. The Hall–Kier alpha value is -0.743. The predicted octanol–water partition coefficient (Wildman–Crippen LogP) is 5.66. The van der Waals surface area contributed by atoms with E-state index in [1.165, 1.54) is 0 Å². The van der Waals surface area contributed by atoms with E-state index in [4.69, 9.17) is 11.2 Å². The molecule has 0 spiro atoms. The minimum absolute atomic E-state index is 0.327. The van der Waals surface area contributed by atoms with Crippen molar-refractivity contribution in [2.24, 2.45) is 11.3 Å². The molecule has 0 fully saturated rings. The summed E-state index contributed by atoms with van der Waals surface area (Å²) in [5.41, 5.74) is 4.96. The maximum absolute atomic E-state index is 10.5. The second-order valence-corrected chi connectivity index (χ2v) is 15.1. The molecule has 1 N–H and O–H groups in total. The summed E-state index contributed by atoms with van der Waals surface area (Å²) in [6.07, 6.45) is 5.49. The number of terminal acetylenes is 1. The van der Waals surface area contributed by atoms with Crippen molar-refractivity contribution in [1.29, 1.82) is 0 Å². The van der Waals surface area contributed by atoms with Crippen LogP contribution in [0.3, 0.4) is 0 Å². The summed E-state index contributed by atoms with van der Waals surface area (Å²) >= 11 is 0. The largest absolute Gasteiger partial charge is 0.392 e. The lowest BCUT2D eigenvalue weighted by Gasteiger charge is -2.38. The second-order valence-electron chi connectivity index (χ2n) is 9.52. The van der Waals surface area contributed by atoms with Crippen LogP contribution < -0.4 is 0 Å². The van der Waals surface area contributed by atoms with Gasteiger partial charge in [-0.15, -0.1) is 12.0 Å². The van der Waals surface area contributed by atoms with Crippen molar-refractivity contribution < 1.29 is 9.84 Å². The van der Waals surface area contributed by atoms with Crippen LogP contribution in [0, 0.1) is 35.1 Å². The molecular weight excluding hydrogens is 336 g/mol. The highest BCUT2D eigenvalue weighted by atomic mass is 28.3. The molecular formula is C23H42O2Si. The predicted molar refractivity (Wildman–Crippen MR) is 117 cm³/mol. The quantitative estimate of drug-likeness (QED) is 0.414. The molecule has 0 aromatic heterocycles. The van der Waals surface area contributed by atoms with Crippen molar-refractivity contribution in [3.63, 3.8) is 0 Å². The van der Waals surface area contributed by atoms with Gasteiger partial charge in [0.15, 0.2) is 0 Å². The van der Waals surface area contributed by atoms with Gasteiger partial charge in [0.2, 0.25) is 0 Å². The van der Waals surface area contributed by atoms with E-state index in [2.05, 4.69) is 72.8 Å². The summed E-state index contributed by atoms with van der Waals surface area (Å²) in [5.74, 6) is 6.44. The first kappa shape index (κ1) is 25.3. The zero-order valence-corrected chi connectivity index (χ0v) is 19.8. The van der Waals surface area contributed by atoms with E-state index >= 15 is 0 Å². The van der Waals surface area contributed by atoms with Crippen LogP contribution in [0.15, 0.2) is 0 Å². The van der Waals surface area contributed by atoms with Crippen LogP contribution in [0.5, 0.6) is 0 Å². The zero-order chi connectivity index (χ0) is 20.7. The number of aliphatic hydroxyl groups is 1. The average Bonchev–Trinajstić information content (AvgIpc) is 2.48. The van der Waals surface area contributed by atoms with Gasteiger partial charge in [-0.25, -0.2) is 0 Å². The topological polar surface area (TPSA) is 29.5 Å². The van der Waals surface area contributed by atoms with Gasteiger partial charge in [0.05, 0.1) is 6.10 Å². The van der Waals surface area contributed by atoms with E-state index in [9.17, 15) is 5.11 Å². The van der Waals surface area contributed by atoms with Gasteiger partial charge >= 0.3 is 0 Å². The minimum atomic E-state index is -1.74. The van der Waals surface area contributed by atoms with E-state index in [1.54, 1.807) is 0 Å². The second kappa shape index (κ2) is 10.6. The molecule has 2 nitrogen and oxygen atoms in total.